The van der Waals surface area contributed by atoms with Crippen LogP contribution in [0.2, 0.25) is 0 Å². The SMILES string of the molecule is CC(C)n1nccc1N1C(=O)NC2(CCSC2)C1=O. The molecule has 3 amide bonds. The summed E-state index contributed by atoms with van der Waals surface area (Å²) < 4.78 is 1.69. The van der Waals surface area contributed by atoms with Crippen molar-refractivity contribution in [1.82, 2.24) is 15.1 Å². The summed E-state index contributed by atoms with van der Waals surface area (Å²) in [5, 5.41) is 7.04. The molecule has 0 radical (unpaired) electrons. The van der Waals surface area contributed by atoms with E-state index in [1.54, 1.807) is 28.7 Å². The highest BCUT2D eigenvalue weighted by Gasteiger charge is 2.54. The van der Waals surface area contributed by atoms with Crippen LogP contribution >= 0.6 is 11.8 Å². The number of aromatic nitrogens is 2. The molecule has 2 fully saturated rings. The lowest BCUT2D eigenvalue weighted by atomic mass is 9.99. The Kier molecular flexibility index (Phi) is 2.81. The molecule has 1 atom stereocenters. The van der Waals surface area contributed by atoms with Crippen molar-refractivity contribution in [2.24, 2.45) is 0 Å². The lowest BCUT2D eigenvalue weighted by molar-refractivity contribution is -0.121. The summed E-state index contributed by atoms with van der Waals surface area (Å²) in [6.45, 7) is 3.94. The van der Waals surface area contributed by atoms with E-state index in [9.17, 15) is 9.59 Å². The van der Waals surface area contributed by atoms with E-state index in [0.717, 1.165) is 5.75 Å². The monoisotopic (exact) mass is 280 g/mol. The first-order valence-corrected chi connectivity index (χ1v) is 7.48. The maximum atomic E-state index is 12.6. The molecule has 0 saturated carbocycles. The van der Waals surface area contributed by atoms with Gasteiger partial charge in [-0.2, -0.15) is 16.9 Å². The molecule has 3 rings (SSSR count). The molecule has 6 nitrogen and oxygen atoms in total. The van der Waals surface area contributed by atoms with E-state index in [0.29, 0.717) is 18.0 Å². The summed E-state index contributed by atoms with van der Waals surface area (Å²) in [4.78, 5) is 26.0. The number of hydrogen-bond acceptors (Lipinski definition) is 4. The van der Waals surface area contributed by atoms with Crippen LogP contribution in [-0.2, 0) is 4.79 Å². The fourth-order valence-electron chi connectivity index (χ4n) is 2.54. The third-order valence-corrected chi connectivity index (χ3v) is 4.74. The maximum Gasteiger partial charge on any atom is 0.330 e. The molecular formula is C12H16N4O2S. The molecular weight excluding hydrogens is 264 g/mol. The maximum absolute atomic E-state index is 12.6. The molecule has 2 aliphatic heterocycles. The van der Waals surface area contributed by atoms with Crippen molar-refractivity contribution >= 4 is 29.5 Å². The highest BCUT2D eigenvalue weighted by molar-refractivity contribution is 7.99. The van der Waals surface area contributed by atoms with E-state index >= 15 is 0 Å². The van der Waals surface area contributed by atoms with Gasteiger partial charge in [0.25, 0.3) is 5.91 Å². The van der Waals surface area contributed by atoms with Crippen molar-refractivity contribution in [2.45, 2.75) is 31.8 Å². The van der Waals surface area contributed by atoms with Crippen molar-refractivity contribution in [3.63, 3.8) is 0 Å². The second-order valence-electron chi connectivity index (χ2n) is 5.18. The molecule has 0 aromatic carbocycles. The standard InChI is InChI=1S/C12H16N4O2S/c1-8(2)16-9(3-5-13-16)15-10(17)12(14-11(15)18)4-6-19-7-12/h3,5,8H,4,6-7H2,1-2H3,(H,14,18). The molecule has 1 aromatic rings. The zero-order valence-electron chi connectivity index (χ0n) is 10.9. The second-order valence-corrected chi connectivity index (χ2v) is 6.29. The minimum atomic E-state index is -0.701. The van der Waals surface area contributed by atoms with Gasteiger partial charge < -0.3 is 5.32 Å². The summed E-state index contributed by atoms with van der Waals surface area (Å²) in [5.74, 6) is 1.96. The van der Waals surface area contributed by atoms with E-state index in [2.05, 4.69) is 10.4 Å². The first-order valence-electron chi connectivity index (χ1n) is 6.33. The Hall–Kier alpha value is -1.50. The van der Waals surface area contributed by atoms with Crippen LogP contribution in [0.1, 0.15) is 26.3 Å². The number of carbonyl (C=O) groups excluding carboxylic acids is 2. The van der Waals surface area contributed by atoms with E-state index in [-0.39, 0.29) is 18.0 Å². The molecule has 19 heavy (non-hydrogen) atoms. The fraction of sp³-hybridized carbons (Fsp3) is 0.583. The Labute approximate surface area is 115 Å². The number of nitrogens with zero attached hydrogens (tertiary/aromatic N) is 3. The van der Waals surface area contributed by atoms with E-state index in [1.807, 2.05) is 13.8 Å². The van der Waals surface area contributed by atoms with Gasteiger partial charge in [-0.15, -0.1) is 0 Å². The van der Waals surface area contributed by atoms with Gasteiger partial charge in [-0.05, 0) is 26.0 Å². The average molecular weight is 280 g/mol. The number of hydrogen-bond donors (Lipinski definition) is 1. The van der Waals surface area contributed by atoms with Crippen LogP contribution in [0.15, 0.2) is 12.3 Å². The van der Waals surface area contributed by atoms with Crippen LogP contribution in [0.3, 0.4) is 0 Å². The molecule has 1 aromatic heterocycles. The number of amides is 3. The predicted octanol–water partition coefficient (Wildman–Crippen LogP) is 1.40. The minimum absolute atomic E-state index is 0.0973. The van der Waals surface area contributed by atoms with Crippen LogP contribution < -0.4 is 10.2 Å². The van der Waals surface area contributed by atoms with Crippen molar-refractivity contribution in [3.8, 4) is 0 Å². The number of anilines is 1. The largest absolute Gasteiger partial charge is 0.330 e. The van der Waals surface area contributed by atoms with Crippen LogP contribution in [0.4, 0.5) is 10.6 Å². The summed E-state index contributed by atoms with van der Waals surface area (Å²) in [6, 6.07) is 1.47. The molecule has 1 unspecified atom stereocenters. The number of carbonyl (C=O) groups is 2. The number of imide groups is 1. The van der Waals surface area contributed by atoms with Gasteiger partial charge in [0, 0.05) is 17.9 Å². The van der Waals surface area contributed by atoms with Gasteiger partial charge in [0.05, 0.1) is 6.20 Å². The van der Waals surface area contributed by atoms with Gasteiger partial charge >= 0.3 is 6.03 Å². The zero-order valence-corrected chi connectivity index (χ0v) is 11.7. The molecule has 0 bridgehead atoms. The Morgan fingerprint density at radius 2 is 2.26 bits per heavy atom. The van der Waals surface area contributed by atoms with Gasteiger partial charge in [0.2, 0.25) is 0 Å². The molecule has 102 valence electrons. The smallest absolute Gasteiger partial charge is 0.322 e. The molecule has 2 saturated heterocycles. The van der Waals surface area contributed by atoms with E-state index < -0.39 is 5.54 Å². The number of rotatable bonds is 2. The van der Waals surface area contributed by atoms with E-state index in [4.69, 9.17) is 0 Å². The highest BCUT2D eigenvalue weighted by Crippen LogP contribution is 2.35. The fourth-order valence-corrected chi connectivity index (χ4v) is 3.87. The Morgan fingerprint density at radius 3 is 2.89 bits per heavy atom. The third-order valence-electron chi connectivity index (χ3n) is 3.55. The molecule has 3 heterocycles. The topological polar surface area (TPSA) is 67.2 Å². The Balaban J connectivity index is 1.99. The molecule has 2 aliphatic rings. The molecule has 0 aliphatic carbocycles. The summed E-state index contributed by atoms with van der Waals surface area (Å²) >= 11 is 1.70. The summed E-state index contributed by atoms with van der Waals surface area (Å²) in [7, 11) is 0. The Morgan fingerprint density at radius 1 is 1.47 bits per heavy atom. The third kappa shape index (κ3) is 1.75. The molecule has 7 heteroatoms. The highest BCUT2D eigenvalue weighted by atomic mass is 32.2. The zero-order chi connectivity index (χ0) is 13.6. The van der Waals surface area contributed by atoms with Crippen molar-refractivity contribution in [1.29, 1.82) is 0 Å². The lowest BCUT2D eigenvalue weighted by Crippen LogP contribution is -2.47. The van der Waals surface area contributed by atoms with Crippen LogP contribution in [0.5, 0.6) is 0 Å². The summed E-state index contributed by atoms with van der Waals surface area (Å²) in [5.41, 5.74) is -0.701. The minimum Gasteiger partial charge on any atom is -0.322 e. The average Bonchev–Trinajstić information content (AvgIpc) is 3.02. The molecule has 1 spiro atoms. The summed E-state index contributed by atoms with van der Waals surface area (Å²) in [6.07, 6.45) is 2.32. The van der Waals surface area contributed by atoms with Gasteiger partial charge in [-0.1, -0.05) is 0 Å². The van der Waals surface area contributed by atoms with Crippen molar-refractivity contribution in [2.75, 3.05) is 16.4 Å². The van der Waals surface area contributed by atoms with Crippen LogP contribution in [0.25, 0.3) is 0 Å². The number of thioether (sulfide) groups is 1. The van der Waals surface area contributed by atoms with Crippen LogP contribution in [-0.4, -0.2) is 38.8 Å². The van der Waals surface area contributed by atoms with Crippen LogP contribution in [0, 0.1) is 0 Å². The Bertz CT molecular complexity index is 534. The number of urea groups is 1. The lowest BCUT2D eigenvalue weighted by Gasteiger charge is -2.20. The normalized spacial score (nSPS) is 26.8. The van der Waals surface area contributed by atoms with Crippen molar-refractivity contribution in [3.05, 3.63) is 12.3 Å². The molecule has 1 N–H and O–H groups in total. The van der Waals surface area contributed by atoms with Gasteiger partial charge in [-0.25, -0.2) is 14.4 Å². The predicted molar refractivity (Wildman–Crippen MR) is 73.3 cm³/mol. The number of nitrogens with one attached hydrogen (secondary N) is 1. The first kappa shape index (κ1) is 12.5. The van der Waals surface area contributed by atoms with Crippen molar-refractivity contribution < 1.29 is 9.59 Å². The van der Waals surface area contributed by atoms with Gasteiger partial charge in [0.15, 0.2) is 0 Å². The quantitative estimate of drug-likeness (QED) is 0.831. The van der Waals surface area contributed by atoms with Gasteiger partial charge in [0.1, 0.15) is 11.4 Å². The second kappa shape index (κ2) is 4.26. The first-order chi connectivity index (χ1) is 9.05. The van der Waals surface area contributed by atoms with Gasteiger partial charge in [-0.3, -0.25) is 4.79 Å². The van der Waals surface area contributed by atoms with E-state index in [1.165, 1.54) is 4.90 Å².